The van der Waals surface area contributed by atoms with Crippen molar-refractivity contribution < 1.29 is 0 Å². The van der Waals surface area contributed by atoms with Crippen LogP contribution in [0.2, 0.25) is 0 Å². The number of pyridine rings is 2. The summed E-state index contributed by atoms with van der Waals surface area (Å²) in [6.07, 6.45) is 5.00. The summed E-state index contributed by atoms with van der Waals surface area (Å²) in [7, 11) is 0. The average molecular weight is 211 g/mol. The lowest BCUT2D eigenvalue weighted by Gasteiger charge is -2.03. The number of nitrogens with zero attached hydrogens (tertiary/aromatic N) is 2. The molecule has 0 aliphatic heterocycles. The van der Waals surface area contributed by atoms with E-state index in [2.05, 4.69) is 9.97 Å². The van der Waals surface area contributed by atoms with Crippen LogP contribution in [0.1, 0.15) is 18.2 Å². The van der Waals surface area contributed by atoms with Crippen LogP contribution >= 0.6 is 0 Å². The molecule has 0 radical (unpaired) electrons. The van der Waals surface area contributed by atoms with Gasteiger partial charge in [0.15, 0.2) is 0 Å². The summed E-state index contributed by atoms with van der Waals surface area (Å²) in [5.74, 6) is 0. The van der Waals surface area contributed by atoms with Crippen LogP contribution in [0.5, 0.6) is 0 Å². The lowest BCUT2D eigenvalue weighted by atomic mass is 10.1. The fraction of sp³-hybridized carbons (Fsp3) is 0.154. The molecule has 2 aromatic heterocycles. The smallest absolute Gasteiger partial charge is 0.0896 e. The molecule has 0 amide bonds. The molecule has 0 aromatic carbocycles. The Hall–Kier alpha value is -2.03. The largest absolute Gasteiger partial charge is 0.308 e. The standard InChI is InChI=1S/C13H13N3/c1-3-10(7-14)11-6-13-12(15-8-11)5-4-9(2)16-13/h3-8,14H,1-2H3/b10-3+,14-7?. The van der Waals surface area contributed by atoms with E-state index >= 15 is 0 Å². The highest BCUT2D eigenvalue weighted by molar-refractivity contribution is 6.08. The van der Waals surface area contributed by atoms with E-state index in [0.717, 1.165) is 27.9 Å². The number of hydrogen-bond acceptors (Lipinski definition) is 3. The fourth-order valence-electron chi connectivity index (χ4n) is 1.60. The molecule has 2 heterocycles. The molecule has 0 saturated carbocycles. The lowest BCUT2D eigenvalue weighted by molar-refractivity contribution is 1.23. The number of allylic oxidation sites excluding steroid dienone is 2. The van der Waals surface area contributed by atoms with Crippen LogP contribution in [0.3, 0.4) is 0 Å². The number of fused-ring (bicyclic) bond motifs is 1. The van der Waals surface area contributed by atoms with Crippen molar-refractivity contribution in [1.82, 2.24) is 9.97 Å². The first-order chi connectivity index (χ1) is 7.74. The molecule has 0 saturated heterocycles. The minimum absolute atomic E-state index is 0.859. The van der Waals surface area contributed by atoms with Crippen LogP contribution < -0.4 is 0 Å². The molecular weight excluding hydrogens is 198 g/mol. The van der Waals surface area contributed by atoms with Crippen molar-refractivity contribution in [3.05, 3.63) is 41.7 Å². The molecule has 0 unspecified atom stereocenters. The minimum Gasteiger partial charge on any atom is -0.308 e. The van der Waals surface area contributed by atoms with Gasteiger partial charge in [0.25, 0.3) is 0 Å². The van der Waals surface area contributed by atoms with Gasteiger partial charge in [0.05, 0.1) is 11.0 Å². The average Bonchev–Trinajstić information content (AvgIpc) is 2.30. The van der Waals surface area contributed by atoms with Crippen molar-refractivity contribution in [3.8, 4) is 0 Å². The van der Waals surface area contributed by atoms with E-state index in [1.165, 1.54) is 6.21 Å². The Balaban J connectivity index is 2.63. The number of aromatic nitrogens is 2. The maximum absolute atomic E-state index is 7.31. The van der Waals surface area contributed by atoms with Crippen LogP contribution in [0.4, 0.5) is 0 Å². The highest BCUT2D eigenvalue weighted by atomic mass is 14.8. The summed E-state index contributed by atoms with van der Waals surface area (Å²) in [6.45, 7) is 3.87. The summed E-state index contributed by atoms with van der Waals surface area (Å²) in [4.78, 5) is 8.75. The van der Waals surface area contributed by atoms with Crippen LogP contribution in [-0.4, -0.2) is 16.2 Å². The van der Waals surface area contributed by atoms with E-state index < -0.39 is 0 Å². The maximum atomic E-state index is 7.31. The minimum atomic E-state index is 0.859. The second-order valence-corrected chi connectivity index (χ2v) is 3.60. The van der Waals surface area contributed by atoms with E-state index in [1.807, 2.05) is 38.1 Å². The third-order valence-corrected chi connectivity index (χ3v) is 2.48. The van der Waals surface area contributed by atoms with Gasteiger partial charge in [-0.25, -0.2) is 0 Å². The Kier molecular flexibility index (Phi) is 2.77. The van der Waals surface area contributed by atoms with Gasteiger partial charge in [0.1, 0.15) is 0 Å². The highest BCUT2D eigenvalue weighted by Gasteiger charge is 2.02. The van der Waals surface area contributed by atoms with Gasteiger partial charge >= 0.3 is 0 Å². The first kappa shape index (κ1) is 10.5. The van der Waals surface area contributed by atoms with Gasteiger partial charge in [-0.15, -0.1) is 0 Å². The number of rotatable bonds is 2. The summed E-state index contributed by atoms with van der Waals surface area (Å²) in [5.41, 5.74) is 4.53. The first-order valence-corrected chi connectivity index (χ1v) is 5.15. The molecule has 1 N–H and O–H groups in total. The predicted octanol–water partition coefficient (Wildman–Crippen LogP) is 2.99. The first-order valence-electron chi connectivity index (χ1n) is 5.15. The Bertz CT molecular complexity index is 570. The molecule has 0 aliphatic rings. The van der Waals surface area contributed by atoms with Crippen LogP contribution in [0, 0.1) is 12.3 Å². The SMILES string of the molecule is C/C=C(\C=N)c1cnc2ccc(C)nc2c1. The zero-order valence-electron chi connectivity index (χ0n) is 9.36. The third kappa shape index (κ3) is 1.84. The summed E-state index contributed by atoms with van der Waals surface area (Å²) in [6, 6.07) is 5.87. The predicted molar refractivity (Wildman–Crippen MR) is 66.7 cm³/mol. The van der Waals surface area contributed by atoms with Gasteiger partial charge in [0, 0.05) is 23.7 Å². The Morgan fingerprint density at radius 2 is 2.12 bits per heavy atom. The van der Waals surface area contributed by atoms with E-state index in [-0.39, 0.29) is 0 Å². The molecule has 80 valence electrons. The molecule has 16 heavy (non-hydrogen) atoms. The second-order valence-electron chi connectivity index (χ2n) is 3.60. The molecular formula is C13H13N3. The third-order valence-electron chi connectivity index (χ3n) is 2.48. The molecule has 2 rings (SSSR count). The number of aryl methyl sites for hydroxylation is 1. The normalized spacial score (nSPS) is 11.8. The Morgan fingerprint density at radius 1 is 1.31 bits per heavy atom. The number of hydrogen-bond donors (Lipinski definition) is 1. The van der Waals surface area contributed by atoms with Gasteiger partial charge in [-0.05, 0) is 37.6 Å². The summed E-state index contributed by atoms with van der Waals surface area (Å²) >= 11 is 0. The van der Waals surface area contributed by atoms with Gasteiger partial charge < -0.3 is 5.41 Å². The van der Waals surface area contributed by atoms with E-state index in [1.54, 1.807) is 6.20 Å². The van der Waals surface area contributed by atoms with Crippen molar-refractivity contribution in [1.29, 1.82) is 5.41 Å². The maximum Gasteiger partial charge on any atom is 0.0896 e. The van der Waals surface area contributed by atoms with Crippen LogP contribution in [0.25, 0.3) is 16.6 Å². The van der Waals surface area contributed by atoms with Crippen molar-refractivity contribution in [2.75, 3.05) is 0 Å². The lowest BCUT2D eigenvalue weighted by Crippen LogP contribution is -1.91. The van der Waals surface area contributed by atoms with Gasteiger partial charge in [0.2, 0.25) is 0 Å². The Labute approximate surface area is 94.4 Å². The molecule has 0 fully saturated rings. The van der Waals surface area contributed by atoms with Crippen LogP contribution in [-0.2, 0) is 0 Å². The van der Waals surface area contributed by atoms with Crippen molar-refractivity contribution in [2.45, 2.75) is 13.8 Å². The zero-order valence-corrected chi connectivity index (χ0v) is 9.36. The van der Waals surface area contributed by atoms with Crippen molar-refractivity contribution >= 4 is 22.8 Å². The highest BCUT2D eigenvalue weighted by Crippen LogP contribution is 2.16. The molecule has 2 aromatic rings. The molecule has 3 nitrogen and oxygen atoms in total. The van der Waals surface area contributed by atoms with Crippen LogP contribution in [0.15, 0.2) is 30.5 Å². The number of nitrogens with one attached hydrogen (secondary N) is 1. The van der Waals surface area contributed by atoms with Crippen molar-refractivity contribution in [3.63, 3.8) is 0 Å². The van der Waals surface area contributed by atoms with E-state index in [9.17, 15) is 0 Å². The monoisotopic (exact) mass is 211 g/mol. The fourth-order valence-corrected chi connectivity index (χ4v) is 1.60. The van der Waals surface area contributed by atoms with Gasteiger partial charge in [-0.2, -0.15) is 0 Å². The molecule has 0 atom stereocenters. The van der Waals surface area contributed by atoms with Gasteiger partial charge in [-0.1, -0.05) is 6.08 Å². The summed E-state index contributed by atoms with van der Waals surface area (Å²) < 4.78 is 0. The molecule has 0 aliphatic carbocycles. The second kappa shape index (κ2) is 4.23. The van der Waals surface area contributed by atoms with E-state index in [0.29, 0.717) is 0 Å². The topological polar surface area (TPSA) is 49.6 Å². The summed E-state index contributed by atoms with van der Waals surface area (Å²) in [5, 5.41) is 7.31. The van der Waals surface area contributed by atoms with E-state index in [4.69, 9.17) is 5.41 Å². The zero-order chi connectivity index (χ0) is 11.5. The van der Waals surface area contributed by atoms with Gasteiger partial charge in [-0.3, -0.25) is 9.97 Å². The quantitative estimate of drug-likeness (QED) is 0.776. The molecule has 3 heteroatoms. The molecule has 0 spiro atoms. The Morgan fingerprint density at radius 3 is 2.81 bits per heavy atom. The molecule has 0 bridgehead atoms. The van der Waals surface area contributed by atoms with Crippen molar-refractivity contribution in [2.24, 2.45) is 0 Å².